The second kappa shape index (κ2) is 56.4. The fourth-order valence-corrected chi connectivity index (χ4v) is 13.2. The molecule has 1 fully saturated rings. The summed E-state index contributed by atoms with van der Waals surface area (Å²) < 4.78 is 10.8. The lowest BCUT2D eigenvalue weighted by Crippen LogP contribution is -2.64. The van der Waals surface area contributed by atoms with Crippen LogP contribution in [0.5, 0.6) is 0 Å². The summed E-state index contributed by atoms with van der Waals surface area (Å²) in [5, 5.41) is 83.9. The standard InChI is InChI=1S/C80H126N20O28/c1-9-11-12-13-14-15-16-23-41(4)88-80(126)95-51(34-44-37-86-47-26-18-17-24-45(44)47)72(117)92-50(29-31-58(106)107)71(116)98-62(64(110)66(84)111)76(121)97-61-43(6)128-79(125)60(40(3)10-2)96-70(115)49(28-30-57(104)105)93-73(118)52(35-54(83)101)90-55(102)38-87-75(120)63(65(127-8)78(123)124)99-69(114)48(27-20-22-33-85-68(113)46(82)25-19-21-32-81)91-74(119)53(36-59(108)109)94-67(112)42(5)89-56(103)39-100(7)77(61)122/h17-18,24,26,37,40-43,46,48-53,60-65,86,110H,9-16,19-23,25,27-36,38-39,81-82H2,1-8H3,(H2,83,101)(H2,84,111)(H,85,113)(H,87,120)(H,89,103)(H,90,102)(H,91,119)(H,92,117)(H,93,118)(H,94,112)(H,96,115)(H,97,121)(H,98,116)(H,99,114)(H,104,105)(H,106,107)(H,108,109)(H,123,124)(H2,88,95,126)/t40-,41-,42-,43+,46?,48+,49-,50-,51-,52+,53-,60-,61-,62-,63-,64?,65?/m0/s1. The number of rotatable bonds is 45. The highest BCUT2D eigenvalue weighted by Gasteiger charge is 2.44. The molecule has 48 nitrogen and oxygen atoms in total. The van der Waals surface area contributed by atoms with Crippen LogP contribution in [0, 0.1) is 5.92 Å². The Hall–Kier alpha value is -12.7. The predicted molar refractivity (Wildman–Crippen MR) is 451 cm³/mol. The molecule has 3 unspecified atom stereocenters. The van der Waals surface area contributed by atoms with Gasteiger partial charge in [-0.3, -0.25) is 86.3 Å². The maximum absolute atomic E-state index is 15.1. The van der Waals surface area contributed by atoms with E-state index in [2.05, 4.69) is 75.7 Å². The topological polar surface area (TPSA) is 770 Å². The van der Waals surface area contributed by atoms with Gasteiger partial charge < -0.3 is 142 Å². The smallest absolute Gasteiger partial charge is 0.335 e. The average molecular weight is 1820 g/mol. The number of hydrogen-bond acceptors (Lipinski definition) is 26. The molecule has 0 aliphatic carbocycles. The zero-order valence-corrected chi connectivity index (χ0v) is 73.0. The molecule has 0 spiro atoms. The van der Waals surface area contributed by atoms with Crippen LogP contribution in [-0.4, -0.2) is 297 Å². The number of cyclic esters (lactones) is 1. The number of urea groups is 1. The number of likely N-dealkylation sites (N-methyl/N-ethyl adjacent to an activating group) is 1. The molecular weight excluding hydrogens is 1690 g/mol. The summed E-state index contributed by atoms with van der Waals surface area (Å²) in [6, 6.07) is -18.5. The molecule has 714 valence electrons. The SMILES string of the molecule is CCCCCCCCC[C@H](C)NC(=O)N[C@@H](Cc1c[nH]c2ccccc12)C(=O)N[C@@H](CCC(=O)O)C(=O)N[C@H](C(=O)N[C@@H]1C(=O)N(C)CC(=O)N[C@@H](C)C(=O)N[C@@H](CC(=O)O)C(=O)N[C@H](CCCCNC(=O)C(N)CCCCN)C(=O)N[C@@H](C(OC)C(=O)O)C(=O)NCC(=O)N[C@H](CC(N)=O)C(=O)N[C@@H](CCC(=O)O)C(=O)N[C@@H]([C@@H](C)CC)C(=O)O[C@@H]1C)C(O)C(N)=O. The van der Waals surface area contributed by atoms with Crippen LogP contribution in [0.25, 0.3) is 10.9 Å². The van der Waals surface area contributed by atoms with Crippen LogP contribution in [0.3, 0.4) is 0 Å². The molecule has 17 amide bonds. The number of nitrogens with one attached hydrogen (secondary N) is 15. The first-order valence-corrected chi connectivity index (χ1v) is 42.2. The normalized spacial score (nSPS) is 21.3. The van der Waals surface area contributed by atoms with Crippen molar-refractivity contribution in [2.75, 3.05) is 40.3 Å². The van der Waals surface area contributed by atoms with Gasteiger partial charge in [-0.2, -0.15) is 0 Å². The second-order valence-corrected chi connectivity index (χ2v) is 31.2. The van der Waals surface area contributed by atoms with Crippen LogP contribution >= 0.6 is 0 Å². The van der Waals surface area contributed by atoms with E-state index < -0.39 is 285 Å². The van der Waals surface area contributed by atoms with E-state index in [9.17, 15) is 121 Å². The maximum Gasteiger partial charge on any atom is 0.335 e. The first kappa shape index (κ1) is 109. The fourth-order valence-electron chi connectivity index (χ4n) is 13.2. The Morgan fingerprint density at radius 2 is 1.19 bits per heavy atom. The molecule has 1 aliphatic heterocycles. The summed E-state index contributed by atoms with van der Waals surface area (Å²) in [5.74, 6) is -30.1. The van der Waals surface area contributed by atoms with Gasteiger partial charge in [-0.1, -0.05) is 96.8 Å². The van der Waals surface area contributed by atoms with E-state index >= 15 is 4.79 Å². The van der Waals surface area contributed by atoms with E-state index in [1.54, 1.807) is 37.4 Å². The number of aromatic amines is 1. The predicted octanol–water partition coefficient (Wildman–Crippen LogP) is -5.89. The van der Waals surface area contributed by atoms with Gasteiger partial charge >= 0.3 is 35.9 Å². The highest BCUT2D eigenvalue weighted by molar-refractivity contribution is 6.03. The van der Waals surface area contributed by atoms with Crippen molar-refractivity contribution in [3.05, 3.63) is 36.0 Å². The minimum atomic E-state index is -2.83. The Bertz CT molecular complexity index is 4190. The van der Waals surface area contributed by atoms with Crippen molar-refractivity contribution < 1.29 is 136 Å². The number of fused-ring (bicyclic) bond motifs is 1. The molecule has 0 radical (unpaired) electrons. The molecule has 2 aromatic rings. The lowest BCUT2D eigenvalue weighted by molar-refractivity contribution is -0.159. The Kier molecular flexibility index (Phi) is 48.2. The Balaban J connectivity index is 2.29. The minimum absolute atomic E-state index is 0.0104. The summed E-state index contributed by atoms with van der Waals surface area (Å²) in [5.41, 5.74) is 23.7. The number of carboxylic acid groups (broad SMARTS) is 4. The van der Waals surface area contributed by atoms with Crippen LogP contribution in [0.4, 0.5) is 4.79 Å². The van der Waals surface area contributed by atoms with E-state index in [1.807, 2.05) is 10.6 Å². The number of carbonyl (C=O) groups is 21. The highest BCUT2D eigenvalue weighted by atomic mass is 16.5. The molecule has 1 aromatic carbocycles. The van der Waals surface area contributed by atoms with Crippen molar-refractivity contribution in [1.29, 1.82) is 0 Å². The van der Waals surface area contributed by atoms with Crippen molar-refractivity contribution in [2.45, 2.75) is 280 Å². The lowest BCUT2D eigenvalue weighted by atomic mass is 9.98. The number of aliphatic hydroxyl groups is 1. The Morgan fingerprint density at radius 1 is 0.602 bits per heavy atom. The van der Waals surface area contributed by atoms with E-state index in [0.717, 1.165) is 73.0 Å². The third-order valence-corrected chi connectivity index (χ3v) is 20.7. The van der Waals surface area contributed by atoms with Gasteiger partial charge in [0, 0.05) is 63.1 Å². The number of carboxylic acids is 4. The van der Waals surface area contributed by atoms with Crippen LogP contribution in [0.2, 0.25) is 0 Å². The van der Waals surface area contributed by atoms with Gasteiger partial charge in [-0.25, -0.2) is 14.4 Å². The first-order chi connectivity index (χ1) is 60.4. The number of benzene rings is 1. The number of para-hydroxylation sites is 1. The number of amides is 17. The zero-order valence-electron chi connectivity index (χ0n) is 73.0. The lowest BCUT2D eigenvalue weighted by Gasteiger charge is -2.32. The number of unbranched alkanes of at least 4 members (excludes halogenated alkanes) is 8. The van der Waals surface area contributed by atoms with E-state index in [-0.39, 0.29) is 38.6 Å². The first-order valence-electron chi connectivity index (χ1n) is 42.2. The summed E-state index contributed by atoms with van der Waals surface area (Å²) in [6.07, 6.45) is -3.65. The number of nitrogens with two attached hydrogens (primary N) is 4. The van der Waals surface area contributed by atoms with Crippen molar-refractivity contribution in [1.82, 2.24) is 84.3 Å². The molecule has 48 heteroatoms. The van der Waals surface area contributed by atoms with Crippen molar-refractivity contribution in [2.24, 2.45) is 28.9 Å². The number of nitrogens with zero attached hydrogens (tertiary/aromatic N) is 1. The Morgan fingerprint density at radius 3 is 1.78 bits per heavy atom. The third kappa shape index (κ3) is 38.6. The maximum atomic E-state index is 15.1. The molecule has 0 saturated carbocycles. The second-order valence-electron chi connectivity index (χ2n) is 31.2. The molecular formula is C80H126N20O28. The van der Waals surface area contributed by atoms with Gasteiger partial charge in [0.1, 0.15) is 72.6 Å². The molecule has 128 heavy (non-hydrogen) atoms. The molecule has 2 heterocycles. The van der Waals surface area contributed by atoms with E-state index in [0.29, 0.717) is 47.2 Å². The summed E-state index contributed by atoms with van der Waals surface area (Å²) in [4.78, 5) is 293. The van der Waals surface area contributed by atoms with Gasteiger partial charge in [0.15, 0.2) is 12.2 Å². The molecule has 28 N–H and O–H groups in total. The van der Waals surface area contributed by atoms with Crippen LogP contribution in [-0.2, 0) is 112 Å². The monoisotopic (exact) mass is 1810 g/mol. The third-order valence-electron chi connectivity index (χ3n) is 20.7. The highest BCUT2D eigenvalue weighted by Crippen LogP contribution is 2.22. The molecule has 0 bridgehead atoms. The van der Waals surface area contributed by atoms with Crippen molar-refractivity contribution in [3.8, 4) is 0 Å². The van der Waals surface area contributed by atoms with Gasteiger partial charge in [0.05, 0.1) is 32.0 Å². The van der Waals surface area contributed by atoms with Crippen LogP contribution in [0.15, 0.2) is 30.5 Å². The average Bonchev–Trinajstić information content (AvgIpc) is 1.62. The number of aliphatic carboxylic acids is 4. The number of carbonyl (C=O) groups excluding carboxylic acids is 17. The van der Waals surface area contributed by atoms with Gasteiger partial charge in [0.2, 0.25) is 88.6 Å². The van der Waals surface area contributed by atoms with Gasteiger partial charge in [-0.15, -0.1) is 0 Å². The number of aromatic nitrogens is 1. The summed E-state index contributed by atoms with van der Waals surface area (Å²) in [7, 11) is 1.67. The van der Waals surface area contributed by atoms with Crippen molar-refractivity contribution >= 4 is 135 Å². The molecule has 1 aromatic heterocycles. The number of esters is 1. The number of ether oxygens (including phenoxy) is 2. The fraction of sp³-hybridized carbons (Fsp3) is 0.637. The number of hydrogen-bond donors (Lipinski definition) is 24. The number of methoxy groups -OCH3 is 1. The van der Waals surface area contributed by atoms with Crippen LogP contribution in [0.1, 0.15) is 182 Å². The summed E-state index contributed by atoms with van der Waals surface area (Å²) >= 11 is 0. The number of aliphatic hydroxyl groups excluding tert-OH is 1. The number of primary amides is 2. The zero-order chi connectivity index (χ0) is 96.2. The molecule has 1 saturated heterocycles. The quantitative estimate of drug-likeness (QED) is 0.0217. The Labute approximate surface area is 737 Å². The van der Waals surface area contributed by atoms with Crippen LogP contribution < -0.4 is 97.4 Å². The van der Waals surface area contributed by atoms with Gasteiger partial charge in [0.25, 0.3) is 0 Å². The summed E-state index contributed by atoms with van der Waals surface area (Å²) in [6.45, 7) is 6.43. The number of H-pyrrole nitrogens is 1. The molecule has 1 aliphatic rings. The molecule has 3 rings (SSSR count). The van der Waals surface area contributed by atoms with E-state index in [4.69, 9.17) is 32.4 Å². The van der Waals surface area contributed by atoms with Gasteiger partial charge in [-0.05, 0) is 96.2 Å². The minimum Gasteiger partial charge on any atom is -0.481 e. The largest absolute Gasteiger partial charge is 0.481 e. The molecule has 17 atom stereocenters. The van der Waals surface area contributed by atoms with Crippen molar-refractivity contribution in [3.63, 3.8) is 0 Å². The van der Waals surface area contributed by atoms with E-state index in [1.165, 1.54) is 13.8 Å².